The van der Waals surface area contributed by atoms with Crippen LogP contribution in [0.1, 0.15) is 11.3 Å². The molecule has 0 spiro atoms. The number of ether oxygens (including phenoxy) is 3. The van der Waals surface area contributed by atoms with Gasteiger partial charge in [-0.05, 0) is 31.2 Å². The molecule has 7 nitrogen and oxygen atoms in total. The topological polar surface area (TPSA) is 80.9 Å². The third-order valence-electron chi connectivity index (χ3n) is 5.17. The van der Waals surface area contributed by atoms with Gasteiger partial charge in [-0.3, -0.25) is 9.59 Å². The van der Waals surface area contributed by atoms with Gasteiger partial charge in [0.2, 0.25) is 0 Å². The molecule has 1 saturated heterocycles. The Labute approximate surface area is 174 Å². The molecule has 3 aromatic rings. The molecule has 0 aliphatic carbocycles. The summed E-state index contributed by atoms with van der Waals surface area (Å²) in [6.45, 7) is 4.30. The predicted octanol–water partition coefficient (Wildman–Crippen LogP) is 2.65. The van der Waals surface area contributed by atoms with E-state index in [9.17, 15) is 9.59 Å². The number of hydrogen-bond acceptors (Lipinski definition) is 5. The maximum Gasteiger partial charge on any atom is 0.260 e. The van der Waals surface area contributed by atoms with Gasteiger partial charge in [0.1, 0.15) is 18.1 Å². The van der Waals surface area contributed by atoms with E-state index in [1.54, 1.807) is 30.0 Å². The van der Waals surface area contributed by atoms with Gasteiger partial charge in [0.25, 0.3) is 5.91 Å². The fraction of sp³-hybridized carbons (Fsp3) is 0.304. The van der Waals surface area contributed by atoms with E-state index >= 15 is 0 Å². The number of morpholine rings is 1. The number of amides is 1. The summed E-state index contributed by atoms with van der Waals surface area (Å²) in [5.41, 5.74) is 2.15. The SMILES string of the molecule is Cc1c(COc2cccc(OCC(=O)N3CCOCC3)c2)[nH]c2ccccc2c1=O. The number of nitrogens with zero attached hydrogens (tertiary/aromatic N) is 1. The zero-order valence-corrected chi connectivity index (χ0v) is 16.8. The lowest BCUT2D eigenvalue weighted by atomic mass is 10.1. The van der Waals surface area contributed by atoms with E-state index in [2.05, 4.69) is 4.98 Å². The van der Waals surface area contributed by atoms with Crippen LogP contribution in [0.2, 0.25) is 0 Å². The molecule has 1 aliphatic heterocycles. The lowest BCUT2D eigenvalue weighted by Gasteiger charge is -2.26. The van der Waals surface area contributed by atoms with Crippen LogP contribution in [0.3, 0.4) is 0 Å². The lowest BCUT2D eigenvalue weighted by Crippen LogP contribution is -2.42. The predicted molar refractivity (Wildman–Crippen MR) is 113 cm³/mol. The van der Waals surface area contributed by atoms with Crippen LogP contribution >= 0.6 is 0 Å². The first-order chi connectivity index (χ1) is 14.6. The Morgan fingerprint density at radius 3 is 2.60 bits per heavy atom. The standard InChI is InChI=1S/C23H24N2O5/c1-16-21(24-20-8-3-2-7-19(20)23(16)27)14-29-17-5-4-6-18(13-17)30-15-22(26)25-9-11-28-12-10-25/h2-8,13H,9-12,14-15H2,1H3,(H,24,27). The Bertz CT molecular complexity index is 1100. The van der Waals surface area contributed by atoms with Crippen LogP contribution in [0.4, 0.5) is 0 Å². The highest BCUT2D eigenvalue weighted by atomic mass is 16.5. The third kappa shape index (κ3) is 4.46. The van der Waals surface area contributed by atoms with Gasteiger partial charge in [0.05, 0.1) is 18.9 Å². The van der Waals surface area contributed by atoms with Gasteiger partial charge in [-0.15, -0.1) is 0 Å². The second-order valence-corrected chi connectivity index (χ2v) is 7.15. The Hall–Kier alpha value is -3.32. The number of H-pyrrole nitrogens is 1. The van der Waals surface area contributed by atoms with Crippen LogP contribution < -0.4 is 14.9 Å². The van der Waals surface area contributed by atoms with Gasteiger partial charge in [0.15, 0.2) is 12.0 Å². The van der Waals surface area contributed by atoms with Crippen LogP contribution in [0.15, 0.2) is 53.3 Å². The van der Waals surface area contributed by atoms with Crippen LogP contribution in [-0.4, -0.2) is 48.7 Å². The van der Waals surface area contributed by atoms with E-state index in [0.717, 1.165) is 11.2 Å². The van der Waals surface area contributed by atoms with Gasteiger partial charge in [0, 0.05) is 35.6 Å². The molecule has 2 aromatic carbocycles. The molecule has 1 aromatic heterocycles. The summed E-state index contributed by atoms with van der Waals surface area (Å²) in [7, 11) is 0. The summed E-state index contributed by atoms with van der Waals surface area (Å²) < 4.78 is 16.8. The van der Waals surface area contributed by atoms with Crippen molar-refractivity contribution in [3.05, 3.63) is 70.0 Å². The molecule has 0 saturated carbocycles. The van der Waals surface area contributed by atoms with E-state index in [1.807, 2.05) is 30.3 Å². The van der Waals surface area contributed by atoms with Gasteiger partial charge >= 0.3 is 0 Å². The van der Waals surface area contributed by atoms with Crippen molar-refractivity contribution in [1.82, 2.24) is 9.88 Å². The van der Waals surface area contributed by atoms with Gasteiger partial charge < -0.3 is 24.1 Å². The molecule has 0 unspecified atom stereocenters. The molecule has 4 rings (SSSR count). The smallest absolute Gasteiger partial charge is 0.260 e. The maximum absolute atomic E-state index is 12.6. The second kappa shape index (κ2) is 9.00. The van der Waals surface area contributed by atoms with E-state index in [0.29, 0.717) is 48.8 Å². The van der Waals surface area contributed by atoms with Crippen molar-refractivity contribution in [2.75, 3.05) is 32.9 Å². The highest BCUT2D eigenvalue weighted by Gasteiger charge is 2.17. The minimum Gasteiger partial charge on any atom is -0.487 e. The summed E-state index contributed by atoms with van der Waals surface area (Å²) in [6, 6.07) is 14.6. The van der Waals surface area contributed by atoms with E-state index in [-0.39, 0.29) is 24.5 Å². The van der Waals surface area contributed by atoms with Gasteiger partial charge in [-0.2, -0.15) is 0 Å². The molecule has 1 aliphatic rings. The lowest BCUT2D eigenvalue weighted by molar-refractivity contribution is -0.137. The fourth-order valence-electron chi connectivity index (χ4n) is 3.39. The first kappa shape index (κ1) is 20.0. The molecule has 30 heavy (non-hydrogen) atoms. The van der Waals surface area contributed by atoms with Crippen molar-refractivity contribution in [2.45, 2.75) is 13.5 Å². The van der Waals surface area contributed by atoms with Crippen molar-refractivity contribution in [3.8, 4) is 11.5 Å². The first-order valence-corrected chi connectivity index (χ1v) is 9.93. The monoisotopic (exact) mass is 408 g/mol. The average molecular weight is 408 g/mol. The number of rotatable bonds is 6. The van der Waals surface area contributed by atoms with Crippen molar-refractivity contribution in [1.29, 1.82) is 0 Å². The summed E-state index contributed by atoms with van der Waals surface area (Å²) >= 11 is 0. The number of aromatic nitrogens is 1. The first-order valence-electron chi connectivity index (χ1n) is 9.93. The van der Waals surface area contributed by atoms with Crippen LogP contribution in [-0.2, 0) is 16.1 Å². The zero-order valence-electron chi connectivity index (χ0n) is 16.8. The summed E-state index contributed by atoms with van der Waals surface area (Å²) in [6.07, 6.45) is 0. The maximum atomic E-state index is 12.6. The van der Waals surface area contributed by atoms with Gasteiger partial charge in [-0.1, -0.05) is 18.2 Å². The summed E-state index contributed by atoms with van der Waals surface area (Å²) in [5.74, 6) is 1.09. The van der Waals surface area contributed by atoms with E-state index in [4.69, 9.17) is 14.2 Å². The van der Waals surface area contributed by atoms with Crippen molar-refractivity contribution in [3.63, 3.8) is 0 Å². The van der Waals surface area contributed by atoms with E-state index < -0.39 is 0 Å². The highest BCUT2D eigenvalue weighted by molar-refractivity contribution is 5.79. The molecule has 0 atom stereocenters. The quantitative estimate of drug-likeness (QED) is 0.678. The number of benzene rings is 2. The molecule has 1 N–H and O–H groups in total. The number of nitrogens with one attached hydrogen (secondary N) is 1. The average Bonchev–Trinajstić information content (AvgIpc) is 2.80. The Balaban J connectivity index is 1.40. The third-order valence-corrected chi connectivity index (χ3v) is 5.17. The minimum absolute atomic E-state index is 0.00154. The molecule has 0 radical (unpaired) electrons. The van der Waals surface area contributed by atoms with Crippen molar-refractivity contribution in [2.24, 2.45) is 0 Å². The molecule has 156 valence electrons. The minimum atomic E-state index is -0.0611. The number of hydrogen-bond donors (Lipinski definition) is 1. The molecule has 1 amide bonds. The number of carbonyl (C=O) groups excluding carboxylic acids is 1. The largest absolute Gasteiger partial charge is 0.487 e. The Morgan fingerprint density at radius 1 is 1.07 bits per heavy atom. The summed E-state index contributed by atoms with van der Waals surface area (Å²) in [5, 5.41) is 0.666. The van der Waals surface area contributed by atoms with Crippen LogP contribution in [0, 0.1) is 6.92 Å². The van der Waals surface area contributed by atoms with Crippen LogP contribution in [0.5, 0.6) is 11.5 Å². The number of pyridine rings is 1. The normalized spacial score (nSPS) is 14.0. The van der Waals surface area contributed by atoms with Crippen molar-refractivity contribution >= 4 is 16.8 Å². The molecule has 1 fully saturated rings. The zero-order chi connectivity index (χ0) is 20.9. The Morgan fingerprint density at radius 2 is 1.80 bits per heavy atom. The van der Waals surface area contributed by atoms with Gasteiger partial charge in [-0.25, -0.2) is 0 Å². The Kier molecular flexibility index (Phi) is 5.99. The fourth-order valence-corrected chi connectivity index (χ4v) is 3.39. The molecular formula is C23H24N2O5. The molecule has 2 heterocycles. The summed E-state index contributed by atoms with van der Waals surface area (Å²) in [4.78, 5) is 29.8. The highest BCUT2D eigenvalue weighted by Crippen LogP contribution is 2.21. The number of aromatic amines is 1. The van der Waals surface area contributed by atoms with Crippen molar-refractivity contribution < 1.29 is 19.0 Å². The number of para-hydroxylation sites is 1. The molecule has 7 heteroatoms. The molecule has 0 bridgehead atoms. The van der Waals surface area contributed by atoms with E-state index in [1.165, 1.54) is 0 Å². The number of fused-ring (bicyclic) bond motifs is 1. The number of carbonyl (C=O) groups is 1. The second-order valence-electron chi connectivity index (χ2n) is 7.15. The van der Waals surface area contributed by atoms with Crippen LogP contribution in [0.25, 0.3) is 10.9 Å². The molecular weight excluding hydrogens is 384 g/mol.